The molecule has 7 heteroatoms. The molecule has 0 radical (unpaired) electrons. The lowest BCUT2D eigenvalue weighted by atomic mass is 10.0. The van der Waals surface area contributed by atoms with Gasteiger partial charge in [-0.2, -0.15) is 23.5 Å². The monoisotopic (exact) mass is 526 g/mol. The predicted molar refractivity (Wildman–Crippen MR) is 152 cm³/mol. The first-order chi connectivity index (χ1) is 17.3. The topological polar surface area (TPSA) is 58.9 Å². The molecule has 0 aliphatic rings. The van der Waals surface area contributed by atoms with Crippen LogP contribution in [0.15, 0.2) is 82.6 Å². The molecule has 35 heavy (non-hydrogen) atoms. The fourth-order valence-electron chi connectivity index (χ4n) is 3.86. The normalized spacial score (nSPS) is 11.3. The van der Waals surface area contributed by atoms with Gasteiger partial charge in [-0.3, -0.25) is 0 Å². The Kier molecular flexibility index (Phi) is 10.3. The van der Waals surface area contributed by atoms with Gasteiger partial charge in [-0.15, -0.1) is 0 Å². The molecule has 0 spiro atoms. The molecule has 4 nitrogen and oxygen atoms in total. The van der Waals surface area contributed by atoms with Crippen LogP contribution in [-0.4, -0.2) is 59.7 Å². The molecule has 0 atom stereocenters. The van der Waals surface area contributed by atoms with Gasteiger partial charge in [0, 0.05) is 54.3 Å². The van der Waals surface area contributed by atoms with Crippen molar-refractivity contribution in [3.05, 3.63) is 72.8 Å². The first kappa shape index (κ1) is 26.0. The molecule has 0 heterocycles. The minimum atomic E-state index is 0.178. The van der Waals surface area contributed by atoms with Gasteiger partial charge in [0.15, 0.2) is 0 Å². The van der Waals surface area contributed by atoms with E-state index in [4.69, 9.17) is 19.7 Å². The van der Waals surface area contributed by atoms with Crippen molar-refractivity contribution in [1.82, 2.24) is 0 Å². The molecule has 0 unspecified atom stereocenters. The Bertz CT molecular complexity index is 1220. The molecule has 0 bridgehead atoms. The van der Waals surface area contributed by atoms with Gasteiger partial charge in [-0.05, 0) is 18.2 Å². The highest BCUT2D eigenvalue weighted by Crippen LogP contribution is 2.47. The molecule has 4 rings (SSSR count). The van der Waals surface area contributed by atoms with Gasteiger partial charge < -0.3 is 19.7 Å². The number of rotatable bonds is 14. The highest BCUT2D eigenvalue weighted by Gasteiger charge is 2.19. The van der Waals surface area contributed by atoms with Crippen molar-refractivity contribution in [3.63, 3.8) is 0 Å². The van der Waals surface area contributed by atoms with Crippen molar-refractivity contribution < 1.29 is 19.7 Å². The highest BCUT2D eigenvalue weighted by molar-refractivity contribution is 7.99. The van der Waals surface area contributed by atoms with E-state index < -0.39 is 0 Å². The highest BCUT2D eigenvalue weighted by atomic mass is 32.2. The lowest BCUT2D eigenvalue weighted by Crippen LogP contribution is -2.06. The Hall–Kier alpha value is -2.03. The van der Waals surface area contributed by atoms with Gasteiger partial charge in [-0.25, -0.2) is 0 Å². The third-order valence-corrected chi connectivity index (χ3v) is 8.23. The maximum absolute atomic E-state index is 9.10. The molecule has 0 fully saturated rings. The smallest absolute Gasteiger partial charge is 0.136 e. The average Bonchev–Trinajstić information content (AvgIpc) is 2.90. The molecule has 0 aliphatic carbocycles. The van der Waals surface area contributed by atoms with Gasteiger partial charge in [0.05, 0.1) is 26.4 Å². The molecule has 0 saturated heterocycles. The lowest BCUT2D eigenvalue weighted by molar-refractivity contribution is 0.321. The third-order valence-electron chi connectivity index (χ3n) is 5.30. The summed E-state index contributed by atoms with van der Waals surface area (Å²) in [7, 11) is 0. The quantitative estimate of drug-likeness (QED) is 0.147. The number of ether oxygens (including phenoxy) is 2. The Morgan fingerprint density at radius 3 is 1.80 bits per heavy atom. The fourth-order valence-corrected chi connectivity index (χ4v) is 5.93. The summed E-state index contributed by atoms with van der Waals surface area (Å²) in [6.07, 6.45) is 0. The molecule has 0 saturated carbocycles. The summed E-state index contributed by atoms with van der Waals surface area (Å²) >= 11 is 5.10. The van der Waals surface area contributed by atoms with Crippen molar-refractivity contribution in [1.29, 1.82) is 0 Å². The molecule has 4 aromatic rings. The number of aliphatic hydroxyl groups is 2. The SMILES string of the molecule is OCCSCCOc1c2ccccc2c(OCCSCCO)c2c(Sc3ccccc3)cccc12. The van der Waals surface area contributed by atoms with Gasteiger partial charge in [-0.1, -0.05) is 66.4 Å². The van der Waals surface area contributed by atoms with Crippen LogP contribution in [0.25, 0.3) is 21.5 Å². The second-order valence-corrected chi connectivity index (χ2v) is 11.2. The van der Waals surface area contributed by atoms with E-state index in [9.17, 15) is 0 Å². The maximum Gasteiger partial charge on any atom is 0.136 e. The molecule has 0 aromatic heterocycles. The van der Waals surface area contributed by atoms with E-state index in [1.165, 1.54) is 4.90 Å². The van der Waals surface area contributed by atoms with E-state index in [-0.39, 0.29) is 13.2 Å². The van der Waals surface area contributed by atoms with E-state index in [1.807, 2.05) is 18.2 Å². The molecule has 4 aromatic carbocycles. The van der Waals surface area contributed by atoms with Crippen LogP contribution in [0.5, 0.6) is 11.5 Å². The first-order valence-electron chi connectivity index (χ1n) is 11.7. The standard InChI is InChI=1S/C28H30O4S3/c29-13-17-33-19-15-31-27-22-9-4-5-10-23(22)28(32-16-20-34-18-14-30)26-24(27)11-6-12-25(26)35-21-7-2-1-3-8-21/h1-12,29-30H,13-20H2. The summed E-state index contributed by atoms with van der Waals surface area (Å²) < 4.78 is 12.9. The van der Waals surface area contributed by atoms with Gasteiger partial charge in [0.1, 0.15) is 11.5 Å². The molecular weight excluding hydrogens is 497 g/mol. The van der Waals surface area contributed by atoms with E-state index >= 15 is 0 Å². The summed E-state index contributed by atoms with van der Waals surface area (Å²) in [6.45, 7) is 1.49. The molecule has 2 N–H and O–H groups in total. The van der Waals surface area contributed by atoms with E-state index in [1.54, 1.807) is 35.3 Å². The minimum absolute atomic E-state index is 0.178. The van der Waals surface area contributed by atoms with Crippen LogP contribution in [0, 0.1) is 0 Å². The molecule has 0 aliphatic heterocycles. The zero-order valence-corrected chi connectivity index (χ0v) is 22.0. The van der Waals surface area contributed by atoms with Gasteiger partial charge in [0.25, 0.3) is 0 Å². The number of hydrogen-bond acceptors (Lipinski definition) is 7. The van der Waals surface area contributed by atoms with Gasteiger partial charge in [0.2, 0.25) is 0 Å². The van der Waals surface area contributed by atoms with Crippen LogP contribution < -0.4 is 9.47 Å². The fraction of sp³-hybridized carbons (Fsp3) is 0.286. The largest absolute Gasteiger partial charge is 0.491 e. The number of fused-ring (bicyclic) bond motifs is 2. The Morgan fingerprint density at radius 2 is 1.14 bits per heavy atom. The maximum atomic E-state index is 9.10. The van der Waals surface area contributed by atoms with E-state index in [0.29, 0.717) is 24.7 Å². The van der Waals surface area contributed by atoms with Gasteiger partial charge >= 0.3 is 0 Å². The summed E-state index contributed by atoms with van der Waals surface area (Å²) in [5.74, 6) is 4.80. The number of aliphatic hydroxyl groups excluding tert-OH is 2. The van der Waals surface area contributed by atoms with Crippen LogP contribution in [0.2, 0.25) is 0 Å². The summed E-state index contributed by atoms with van der Waals surface area (Å²) in [4.78, 5) is 2.29. The number of hydrogen-bond donors (Lipinski definition) is 2. The number of benzene rings is 4. The van der Waals surface area contributed by atoms with Crippen molar-refractivity contribution in [2.75, 3.05) is 49.4 Å². The average molecular weight is 527 g/mol. The van der Waals surface area contributed by atoms with E-state index in [0.717, 1.165) is 49.4 Å². The molecular formula is C28H30O4S3. The van der Waals surface area contributed by atoms with Crippen molar-refractivity contribution >= 4 is 56.8 Å². The second kappa shape index (κ2) is 13.9. The predicted octanol–water partition coefficient (Wildman–Crippen LogP) is 6.35. The van der Waals surface area contributed by atoms with Crippen LogP contribution in [0.3, 0.4) is 0 Å². The zero-order valence-electron chi connectivity index (χ0n) is 19.5. The van der Waals surface area contributed by atoms with Crippen LogP contribution in [-0.2, 0) is 0 Å². The van der Waals surface area contributed by atoms with Crippen LogP contribution in [0.1, 0.15) is 0 Å². The van der Waals surface area contributed by atoms with E-state index in [2.05, 4.69) is 54.6 Å². The molecule has 0 amide bonds. The minimum Gasteiger partial charge on any atom is -0.491 e. The second-order valence-electron chi connectivity index (χ2n) is 7.67. The summed E-state index contributed by atoms with van der Waals surface area (Å²) in [6, 6.07) is 25.0. The zero-order chi connectivity index (χ0) is 24.3. The molecule has 184 valence electrons. The van der Waals surface area contributed by atoms with Crippen LogP contribution >= 0.6 is 35.3 Å². The van der Waals surface area contributed by atoms with Crippen molar-refractivity contribution in [3.8, 4) is 11.5 Å². The van der Waals surface area contributed by atoms with Crippen molar-refractivity contribution in [2.45, 2.75) is 9.79 Å². The lowest BCUT2D eigenvalue weighted by Gasteiger charge is -2.20. The summed E-state index contributed by atoms with van der Waals surface area (Å²) in [5, 5.41) is 22.3. The Balaban J connectivity index is 1.79. The first-order valence-corrected chi connectivity index (χ1v) is 14.8. The Morgan fingerprint density at radius 1 is 0.571 bits per heavy atom. The Labute approximate surface area is 219 Å². The van der Waals surface area contributed by atoms with Crippen LogP contribution in [0.4, 0.5) is 0 Å². The van der Waals surface area contributed by atoms with Crippen molar-refractivity contribution in [2.24, 2.45) is 0 Å². The number of thioether (sulfide) groups is 2. The summed E-state index contributed by atoms with van der Waals surface area (Å²) in [5.41, 5.74) is 0. The third kappa shape index (κ3) is 6.80.